The zero-order chi connectivity index (χ0) is 20.2. The second-order valence-corrected chi connectivity index (χ2v) is 6.93. The van der Waals surface area contributed by atoms with E-state index in [0.717, 1.165) is 5.56 Å². The molecule has 0 aliphatic heterocycles. The number of aromatic nitrogens is 4. The van der Waals surface area contributed by atoms with Gasteiger partial charge in [-0.05, 0) is 36.4 Å². The van der Waals surface area contributed by atoms with E-state index in [-0.39, 0.29) is 5.02 Å². The summed E-state index contributed by atoms with van der Waals surface area (Å²) >= 11 is 12.1. The normalized spacial score (nSPS) is 10.8. The summed E-state index contributed by atoms with van der Waals surface area (Å²) in [5.74, 6) is 0.950. The van der Waals surface area contributed by atoms with Gasteiger partial charge in [0.15, 0.2) is 0 Å². The molecular weight excluding hydrogens is 413 g/mol. The highest BCUT2D eigenvalue weighted by molar-refractivity contribution is 6.33. The van der Waals surface area contributed by atoms with E-state index >= 15 is 0 Å². The van der Waals surface area contributed by atoms with Gasteiger partial charge in [0, 0.05) is 23.6 Å². The molecule has 4 rings (SSSR count). The van der Waals surface area contributed by atoms with Gasteiger partial charge in [-0.15, -0.1) is 0 Å². The molecule has 0 spiro atoms. The van der Waals surface area contributed by atoms with Crippen LogP contribution < -0.4 is 10.9 Å². The van der Waals surface area contributed by atoms with Crippen molar-refractivity contribution in [1.82, 2.24) is 19.9 Å². The van der Waals surface area contributed by atoms with Crippen molar-refractivity contribution in [2.75, 3.05) is 11.9 Å². The minimum atomic E-state index is -0.398. The first kappa shape index (κ1) is 19.2. The maximum Gasteiger partial charge on any atom is 0.292 e. The van der Waals surface area contributed by atoms with E-state index in [4.69, 9.17) is 27.7 Å². The molecule has 0 aliphatic carbocycles. The Morgan fingerprint density at radius 1 is 1.03 bits per heavy atom. The Kier molecular flexibility index (Phi) is 5.59. The van der Waals surface area contributed by atoms with Crippen molar-refractivity contribution < 1.29 is 4.52 Å². The molecule has 0 bridgehead atoms. The number of halogens is 2. The molecule has 7 nitrogen and oxygen atoms in total. The van der Waals surface area contributed by atoms with Crippen LogP contribution in [0.3, 0.4) is 0 Å². The van der Waals surface area contributed by atoms with E-state index < -0.39 is 5.56 Å². The molecule has 146 valence electrons. The van der Waals surface area contributed by atoms with Crippen molar-refractivity contribution >= 4 is 28.9 Å². The van der Waals surface area contributed by atoms with E-state index in [1.54, 1.807) is 24.3 Å². The van der Waals surface area contributed by atoms with Gasteiger partial charge >= 0.3 is 0 Å². The molecule has 0 unspecified atom stereocenters. The molecule has 1 N–H and O–H groups in total. The van der Waals surface area contributed by atoms with Crippen LogP contribution in [0.1, 0.15) is 5.89 Å². The summed E-state index contributed by atoms with van der Waals surface area (Å²) < 4.78 is 6.52. The molecule has 0 atom stereocenters. The fourth-order valence-electron chi connectivity index (χ4n) is 2.69. The van der Waals surface area contributed by atoms with Crippen LogP contribution in [0.15, 0.2) is 70.1 Å². The predicted octanol–water partition coefficient (Wildman–Crippen LogP) is 4.24. The standard InChI is InChI=1S/C20H15Cl2N5O2/c21-14-8-6-13(7-9-14)19-25-17(29-26-19)10-11-23-16-12-24-27(20(28)18(16)22)15-4-2-1-3-5-15/h1-9,12,23H,10-11H2. The zero-order valence-corrected chi connectivity index (χ0v) is 16.6. The van der Waals surface area contributed by atoms with E-state index in [0.29, 0.717) is 41.1 Å². The van der Waals surface area contributed by atoms with Crippen molar-refractivity contribution in [2.45, 2.75) is 6.42 Å². The Morgan fingerprint density at radius 2 is 1.79 bits per heavy atom. The Morgan fingerprint density at radius 3 is 2.55 bits per heavy atom. The van der Waals surface area contributed by atoms with Crippen LogP contribution in [0.2, 0.25) is 10.0 Å². The van der Waals surface area contributed by atoms with Crippen molar-refractivity contribution in [3.8, 4) is 17.1 Å². The van der Waals surface area contributed by atoms with Crippen LogP contribution in [-0.4, -0.2) is 26.5 Å². The summed E-state index contributed by atoms with van der Waals surface area (Å²) in [5, 5.41) is 11.9. The smallest absolute Gasteiger partial charge is 0.292 e. The van der Waals surface area contributed by atoms with Gasteiger partial charge in [-0.3, -0.25) is 4.79 Å². The highest BCUT2D eigenvalue weighted by Gasteiger charge is 2.12. The third kappa shape index (κ3) is 4.31. The summed E-state index contributed by atoms with van der Waals surface area (Å²) in [4.78, 5) is 16.8. The summed E-state index contributed by atoms with van der Waals surface area (Å²) in [6, 6.07) is 16.3. The Hall–Kier alpha value is -3.16. The molecule has 0 radical (unpaired) electrons. The summed E-state index contributed by atoms with van der Waals surface area (Å²) in [5.41, 5.74) is 1.51. The fourth-order valence-corrected chi connectivity index (χ4v) is 3.01. The molecule has 0 saturated heterocycles. The maximum absolute atomic E-state index is 12.5. The lowest BCUT2D eigenvalue weighted by molar-refractivity contribution is 0.381. The number of rotatable bonds is 6. The Labute approximate surface area is 175 Å². The molecule has 4 aromatic rings. The number of anilines is 1. The van der Waals surface area contributed by atoms with Crippen LogP contribution in [0.5, 0.6) is 0 Å². The monoisotopic (exact) mass is 427 g/mol. The molecule has 29 heavy (non-hydrogen) atoms. The first-order valence-electron chi connectivity index (χ1n) is 8.77. The summed E-state index contributed by atoms with van der Waals surface area (Å²) in [7, 11) is 0. The van der Waals surface area contributed by atoms with E-state index in [1.165, 1.54) is 10.9 Å². The highest BCUT2D eigenvalue weighted by Crippen LogP contribution is 2.19. The maximum atomic E-state index is 12.5. The van der Waals surface area contributed by atoms with Gasteiger partial charge in [0.05, 0.1) is 17.6 Å². The largest absolute Gasteiger partial charge is 0.382 e. The quantitative estimate of drug-likeness (QED) is 0.495. The third-order valence-electron chi connectivity index (χ3n) is 4.14. The number of hydrogen-bond donors (Lipinski definition) is 1. The van der Waals surface area contributed by atoms with Gasteiger partial charge in [-0.1, -0.05) is 46.6 Å². The van der Waals surface area contributed by atoms with Crippen LogP contribution >= 0.6 is 23.2 Å². The van der Waals surface area contributed by atoms with Crippen molar-refractivity contribution in [2.24, 2.45) is 0 Å². The Balaban J connectivity index is 1.42. The molecule has 9 heteroatoms. The van der Waals surface area contributed by atoms with Gasteiger partial charge in [-0.25, -0.2) is 0 Å². The van der Waals surface area contributed by atoms with Crippen molar-refractivity contribution in [1.29, 1.82) is 0 Å². The molecule has 2 heterocycles. The third-order valence-corrected chi connectivity index (χ3v) is 4.76. The molecular formula is C20H15Cl2N5O2. The number of hydrogen-bond acceptors (Lipinski definition) is 6. The lowest BCUT2D eigenvalue weighted by Gasteiger charge is -2.09. The van der Waals surface area contributed by atoms with Crippen molar-refractivity contribution in [3.63, 3.8) is 0 Å². The topological polar surface area (TPSA) is 85.8 Å². The number of benzene rings is 2. The second-order valence-electron chi connectivity index (χ2n) is 6.12. The van der Waals surface area contributed by atoms with Crippen LogP contribution in [-0.2, 0) is 6.42 Å². The average Bonchev–Trinajstić information content (AvgIpc) is 3.21. The second kappa shape index (κ2) is 8.46. The average molecular weight is 428 g/mol. The van der Waals surface area contributed by atoms with E-state index in [9.17, 15) is 4.79 Å². The number of para-hydroxylation sites is 1. The molecule has 0 amide bonds. The number of nitrogens with zero attached hydrogens (tertiary/aromatic N) is 4. The molecule has 2 aromatic carbocycles. The minimum Gasteiger partial charge on any atom is -0.382 e. The zero-order valence-electron chi connectivity index (χ0n) is 15.0. The van der Waals surface area contributed by atoms with Crippen molar-refractivity contribution in [3.05, 3.63) is 87.1 Å². The summed E-state index contributed by atoms with van der Waals surface area (Å²) in [6.45, 7) is 0.443. The van der Waals surface area contributed by atoms with Gasteiger partial charge in [-0.2, -0.15) is 14.8 Å². The molecule has 0 aliphatic rings. The lowest BCUT2D eigenvalue weighted by atomic mass is 10.2. The van der Waals surface area contributed by atoms with Crippen LogP contribution in [0.25, 0.3) is 17.1 Å². The van der Waals surface area contributed by atoms with Gasteiger partial charge in [0.25, 0.3) is 5.56 Å². The van der Waals surface area contributed by atoms with Gasteiger partial charge < -0.3 is 9.84 Å². The van der Waals surface area contributed by atoms with Crippen LogP contribution in [0.4, 0.5) is 5.69 Å². The van der Waals surface area contributed by atoms with Crippen LogP contribution in [0, 0.1) is 0 Å². The van der Waals surface area contributed by atoms with Gasteiger partial charge in [0.1, 0.15) is 5.02 Å². The minimum absolute atomic E-state index is 0.0660. The summed E-state index contributed by atoms with van der Waals surface area (Å²) in [6.07, 6.45) is 1.97. The Bertz CT molecular complexity index is 1170. The highest BCUT2D eigenvalue weighted by atomic mass is 35.5. The molecule has 0 fully saturated rings. The van der Waals surface area contributed by atoms with E-state index in [1.807, 2.05) is 30.3 Å². The lowest BCUT2D eigenvalue weighted by Crippen LogP contribution is -2.23. The first-order valence-corrected chi connectivity index (χ1v) is 9.53. The number of nitrogens with one attached hydrogen (secondary N) is 1. The first-order chi connectivity index (χ1) is 14.1. The fraction of sp³-hybridized carbons (Fsp3) is 0.100. The molecule has 0 saturated carbocycles. The SMILES string of the molecule is O=c1c(Cl)c(NCCc2nc(-c3ccc(Cl)cc3)no2)cnn1-c1ccccc1. The van der Waals surface area contributed by atoms with Gasteiger partial charge in [0.2, 0.25) is 11.7 Å². The molecule has 2 aromatic heterocycles. The predicted molar refractivity (Wildman–Crippen MR) is 112 cm³/mol. The van der Waals surface area contributed by atoms with E-state index in [2.05, 4.69) is 20.6 Å².